The van der Waals surface area contributed by atoms with E-state index in [-0.39, 0.29) is 10.8 Å². The Morgan fingerprint density at radius 1 is 0.550 bits per heavy atom. The molecule has 4 heteroatoms. The fourth-order valence-electron chi connectivity index (χ4n) is 5.17. The molecule has 3 rings (SSSR count). The number of benzene rings is 3. The van der Waals surface area contributed by atoms with Gasteiger partial charge in [0.05, 0.1) is 11.8 Å². The lowest BCUT2D eigenvalue weighted by Crippen LogP contribution is -2.16. The SMILES string of the molecule is CCCCCC(C)(C)c1ccc(Oc2cc(CCl)c(Oc3ccc(C(C)(C)CCCCC)cc3)cc2CCl)cc1. The molecule has 0 saturated carbocycles. The summed E-state index contributed by atoms with van der Waals surface area (Å²) in [5.41, 5.74) is 4.67. The molecule has 3 aromatic carbocycles. The minimum Gasteiger partial charge on any atom is -0.457 e. The van der Waals surface area contributed by atoms with Crippen molar-refractivity contribution in [1.29, 1.82) is 0 Å². The standard InChI is InChI=1S/C36H48Cl2O2/c1-7-9-11-21-35(3,4)29-13-17-31(18-14-29)39-33-23-28(26-38)34(24-27(33)25-37)40-32-19-15-30(16-20-32)36(5,6)22-12-10-8-2/h13-20,23-24H,7-12,21-22,25-26H2,1-6H3. The quantitative estimate of drug-likeness (QED) is 0.123. The van der Waals surface area contributed by atoms with E-state index in [1.165, 1.54) is 62.5 Å². The van der Waals surface area contributed by atoms with Crippen LogP contribution in [0.1, 0.15) is 115 Å². The zero-order valence-corrected chi connectivity index (χ0v) is 26.9. The number of hydrogen-bond acceptors (Lipinski definition) is 2. The summed E-state index contributed by atoms with van der Waals surface area (Å²) in [6.07, 6.45) is 9.88. The average molecular weight is 584 g/mol. The molecular formula is C36H48Cl2O2. The van der Waals surface area contributed by atoms with Gasteiger partial charge in [-0.1, -0.05) is 104 Å². The van der Waals surface area contributed by atoms with E-state index >= 15 is 0 Å². The van der Waals surface area contributed by atoms with Crippen molar-refractivity contribution in [3.63, 3.8) is 0 Å². The predicted molar refractivity (Wildman–Crippen MR) is 173 cm³/mol. The topological polar surface area (TPSA) is 18.5 Å². The molecule has 0 fully saturated rings. The second-order valence-corrected chi connectivity index (χ2v) is 12.8. The first-order chi connectivity index (χ1) is 19.1. The summed E-state index contributed by atoms with van der Waals surface area (Å²) < 4.78 is 12.6. The lowest BCUT2D eigenvalue weighted by molar-refractivity contribution is 0.445. The van der Waals surface area contributed by atoms with E-state index in [0.29, 0.717) is 23.3 Å². The maximum absolute atomic E-state index is 6.37. The fraction of sp³-hybridized carbons (Fsp3) is 0.500. The van der Waals surface area contributed by atoms with Crippen LogP contribution in [0.4, 0.5) is 0 Å². The number of halogens is 2. The van der Waals surface area contributed by atoms with Crippen LogP contribution < -0.4 is 9.47 Å². The van der Waals surface area contributed by atoms with Crippen LogP contribution in [0.3, 0.4) is 0 Å². The first-order valence-corrected chi connectivity index (χ1v) is 16.0. The Morgan fingerprint density at radius 2 is 0.900 bits per heavy atom. The monoisotopic (exact) mass is 582 g/mol. The number of rotatable bonds is 16. The van der Waals surface area contributed by atoms with Crippen molar-refractivity contribution in [2.24, 2.45) is 0 Å². The van der Waals surface area contributed by atoms with Gasteiger partial charge in [-0.2, -0.15) is 0 Å². The predicted octanol–water partition coefficient (Wildman–Crippen LogP) is 12.5. The number of alkyl halides is 2. The highest BCUT2D eigenvalue weighted by molar-refractivity contribution is 6.18. The highest BCUT2D eigenvalue weighted by Crippen LogP contribution is 2.38. The molecule has 0 aliphatic carbocycles. The number of hydrogen-bond donors (Lipinski definition) is 0. The smallest absolute Gasteiger partial charge is 0.132 e. The Morgan fingerprint density at radius 3 is 1.20 bits per heavy atom. The molecule has 0 N–H and O–H groups in total. The molecule has 0 aliphatic rings. The summed E-state index contributed by atoms with van der Waals surface area (Å²) in [6.45, 7) is 13.8. The van der Waals surface area contributed by atoms with E-state index in [4.69, 9.17) is 32.7 Å². The molecule has 0 bridgehead atoms. The first-order valence-electron chi connectivity index (χ1n) is 15.0. The Balaban J connectivity index is 1.75. The van der Waals surface area contributed by atoms with E-state index in [0.717, 1.165) is 22.6 Å². The normalized spacial score (nSPS) is 12.0. The molecule has 0 amide bonds. The molecule has 0 radical (unpaired) electrons. The lowest BCUT2D eigenvalue weighted by Gasteiger charge is -2.26. The highest BCUT2D eigenvalue weighted by Gasteiger charge is 2.21. The maximum Gasteiger partial charge on any atom is 0.132 e. The highest BCUT2D eigenvalue weighted by atomic mass is 35.5. The molecule has 0 unspecified atom stereocenters. The van der Waals surface area contributed by atoms with Crippen LogP contribution in [-0.2, 0) is 22.6 Å². The third-order valence-electron chi connectivity index (χ3n) is 8.07. The van der Waals surface area contributed by atoms with Crippen molar-refractivity contribution in [2.75, 3.05) is 0 Å². The molecule has 218 valence electrons. The molecule has 40 heavy (non-hydrogen) atoms. The average Bonchev–Trinajstić information content (AvgIpc) is 2.94. The van der Waals surface area contributed by atoms with Gasteiger partial charge in [0.15, 0.2) is 0 Å². The van der Waals surface area contributed by atoms with Gasteiger partial charge < -0.3 is 9.47 Å². The van der Waals surface area contributed by atoms with Crippen LogP contribution in [0.25, 0.3) is 0 Å². The number of ether oxygens (including phenoxy) is 2. The first kappa shape index (κ1) is 32.4. The van der Waals surface area contributed by atoms with Crippen molar-refractivity contribution in [3.05, 3.63) is 82.9 Å². The summed E-state index contributed by atoms with van der Waals surface area (Å²) in [7, 11) is 0. The van der Waals surface area contributed by atoms with Crippen molar-refractivity contribution in [3.8, 4) is 23.0 Å². The molecular weight excluding hydrogens is 535 g/mol. The maximum atomic E-state index is 6.37. The number of unbranched alkanes of at least 4 members (excludes halogenated alkanes) is 4. The van der Waals surface area contributed by atoms with E-state index in [9.17, 15) is 0 Å². The van der Waals surface area contributed by atoms with Crippen LogP contribution in [0.2, 0.25) is 0 Å². The summed E-state index contributed by atoms with van der Waals surface area (Å²) in [6, 6.07) is 20.8. The van der Waals surface area contributed by atoms with Crippen molar-refractivity contribution in [2.45, 2.75) is 115 Å². The molecule has 2 nitrogen and oxygen atoms in total. The zero-order valence-electron chi connectivity index (χ0n) is 25.4. The van der Waals surface area contributed by atoms with Gasteiger partial charge in [-0.3, -0.25) is 0 Å². The van der Waals surface area contributed by atoms with Gasteiger partial charge >= 0.3 is 0 Å². The van der Waals surface area contributed by atoms with Crippen LogP contribution >= 0.6 is 23.2 Å². The molecule has 0 spiro atoms. The fourth-order valence-corrected chi connectivity index (χ4v) is 5.59. The minimum atomic E-state index is 0.142. The lowest BCUT2D eigenvalue weighted by atomic mass is 9.80. The van der Waals surface area contributed by atoms with E-state index in [1.54, 1.807) is 0 Å². The van der Waals surface area contributed by atoms with E-state index in [2.05, 4.69) is 65.8 Å². The molecule has 0 aliphatic heterocycles. The van der Waals surface area contributed by atoms with E-state index < -0.39 is 0 Å². The Labute approximate surface area is 253 Å². The summed E-state index contributed by atoms with van der Waals surface area (Å²) >= 11 is 12.7. The minimum absolute atomic E-state index is 0.142. The van der Waals surface area contributed by atoms with E-state index in [1.807, 2.05) is 36.4 Å². The van der Waals surface area contributed by atoms with Gasteiger partial charge in [0.25, 0.3) is 0 Å². The van der Waals surface area contributed by atoms with Crippen molar-refractivity contribution < 1.29 is 9.47 Å². The Bertz CT molecular complexity index is 1090. The third-order valence-corrected chi connectivity index (χ3v) is 8.65. The van der Waals surface area contributed by atoms with Gasteiger partial charge in [0, 0.05) is 11.1 Å². The largest absolute Gasteiger partial charge is 0.457 e. The van der Waals surface area contributed by atoms with Gasteiger partial charge in [-0.25, -0.2) is 0 Å². The van der Waals surface area contributed by atoms with Crippen LogP contribution in [0.5, 0.6) is 23.0 Å². The van der Waals surface area contributed by atoms with Crippen LogP contribution in [0, 0.1) is 0 Å². The molecule has 0 heterocycles. The molecule has 0 atom stereocenters. The van der Waals surface area contributed by atoms with Crippen molar-refractivity contribution >= 4 is 23.2 Å². The molecule has 0 aromatic heterocycles. The van der Waals surface area contributed by atoms with Gasteiger partial charge in [0.1, 0.15) is 23.0 Å². The van der Waals surface area contributed by atoms with Crippen LogP contribution in [-0.4, -0.2) is 0 Å². The second-order valence-electron chi connectivity index (χ2n) is 12.3. The van der Waals surface area contributed by atoms with Crippen LogP contribution in [0.15, 0.2) is 60.7 Å². The van der Waals surface area contributed by atoms with Gasteiger partial charge in [-0.15, -0.1) is 23.2 Å². The van der Waals surface area contributed by atoms with Gasteiger partial charge in [0.2, 0.25) is 0 Å². The Kier molecular flexibility index (Phi) is 12.3. The molecule has 3 aromatic rings. The molecule has 0 saturated heterocycles. The van der Waals surface area contributed by atoms with Crippen molar-refractivity contribution in [1.82, 2.24) is 0 Å². The third kappa shape index (κ3) is 8.92. The summed E-state index contributed by atoms with van der Waals surface area (Å²) in [5, 5.41) is 0. The summed E-state index contributed by atoms with van der Waals surface area (Å²) in [4.78, 5) is 0. The summed E-state index contributed by atoms with van der Waals surface area (Å²) in [5.74, 6) is 3.59. The Hall–Kier alpha value is -2.16. The van der Waals surface area contributed by atoms with Gasteiger partial charge in [-0.05, 0) is 71.2 Å². The zero-order chi connectivity index (χ0) is 29.2. The second kappa shape index (κ2) is 15.2.